The van der Waals surface area contributed by atoms with Crippen LogP contribution in [0.2, 0.25) is 0 Å². The third-order valence-electron chi connectivity index (χ3n) is 2.66. The molecule has 0 aromatic rings. The van der Waals surface area contributed by atoms with Crippen molar-refractivity contribution >= 4 is 74.2 Å². The van der Waals surface area contributed by atoms with E-state index in [1.165, 1.54) is 34.5 Å². The highest BCUT2D eigenvalue weighted by Crippen LogP contribution is 2.82. The van der Waals surface area contributed by atoms with E-state index in [0.717, 1.165) is 0 Å². The normalized spacial score (nSPS) is 27.3. The first-order valence-corrected chi connectivity index (χ1v) is 15.2. The fourth-order valence-corrected chi connectivity index (χ4v) is 22.1. The van der Waals surface area contributed by atoms with E-state index in [-0.39, 0.29) is 0 Å². The van der Waals surface area contributed by atoms with Gasteiger partial charge in [0.15, 0.2) is 0 Å². The zero-order valence-electron chi connectivity index (χ0n) is 9.28. The number of rotatable bonds is 6. The van der Waals surface area contributed by atoms with Gasteiger partial charge in [-0.15, -0.1) is 0 Å². The molecule has 3 heterocycles. The summed E-state index contributed by atoms with van der Waals surface area (Å²) in [5.74, 6) is 7.30. The van der Waals surface area contributed by atoms with Gasteiger partial charge < -0.3 is 0 Å². The van der Waals surface area contributed by atoms with Crippen molar-refractivity contribution in [2.24, 2.45) is 0 Å². The third kappa shape index (κ3) is 3.92. The lowest BCUT2D eigenvalue weighted by atomic mass is 10.5. The summed E-state index contributed by atoms with van der Waals surface area (Å²) in [6.07, 6.45) is 0. The van der Waals surface area contributed by atoms with Crippen molar-refractivity contribution in [2.45, 2.75) is 15.7 Å². The molecule has 0 saturated carbocycles. The molecule has 0 radical (unpaired) electrons. The van der Waals surface area contributed by atoms with E-state index in [0.29, 0.717) is 15.7 Å². The standard InChI is InChI=1S/C9H15OPS6/c10-11(15-7-1-12-2-7,16-8-3-13-4-8)17-9-5-14-6-9/h7-9H,1-6H2. The minimum atomic E-state index is -2.07. The molecule has 0 unspecified atom stereocenters. The Balaban J connectivity index is 1.57. The molecule has 0 aromatic heterocycles. The van der Waals surface area contributed by atoms with Gasteiger partial charge in [-0.1, -0.05) is 34.1 Å². The Kier molecular flexibility index (Phi) is 5.37. The van der Waals surface area contributed by atoms with Crippen LogP contribution in [0.25, 0.3) is 0 Å². The number of thioether (sulfide) groups is 3. The van der Waals surface area contributed by atoms with Gasteiger partial charge in [-0.2, -0.15) is 35.3 Å². The van der Waals surface area contributed by atoms with Crippen molar-refractivity contribution in [3.05, 3.63) is 0 Å². The molecule has 98 valence electrons. The van der Waals surface area contributed by atoms with E-state index in [1.54, 1.807) is 0 Å². The maximum Gasteiger partial charge on any atom is 0.244 e. The van der Waals surface area contributed by atoms with Crippen LogP contribution in [0.3, 0.4) is 0 Å². The molecule has 0 spiro atoms. The molecule has 0 atom stereocenters. The molecule has 17 heavy (non-hydrogen) atoms. The van der Waals surface area contributed by atoms with Crippen LogP contribution in [0.15, 0.2) is 0 Å². The van der Waals surface area contributed by atoms with Crippen LogP contribution in [-0.4, -0.2) is 50.3 Å². The molecular formula is C9H15OPS6. The van der Waals surface area contributed by atoms with Crippen molar-refractivity contribution in [1.29, 1.82) is 0 Å². The summed E-state index contributed by atoms with van der Waals surface area (Å²) in [4.78, 5) is 0. The maximum absolute atomic E-state index is 13.1. The second kappa shape index (κ2) is 6.40. The van der Waals surface area contributed by atoms with Crippen LogP contribution in [-0.2, 0) is 4.57 Å². The van der Waals surface area contributed by atoms with Crippen molar-refractivity contribution in [3.8, 4) is 0 Å². The summed E-state index contributed by atoms with van der Waals surface area (Å²) in [7, 11) is 0. The van der Waals surface area contributed by atoms with Crippen LogP contribution in [0.5, 0.6) is 0 Å². The number of hydrogen-bond acceptors (Lipinski definition) is 7. The average molecular weight is 363 g/mol. The van der Waals surface area contributed by atoms with Gasteiger partial charge in [-0.25, -0.2) is 0 Å². The minimum Gasteiger partial charge on any atom is -0.289 e. The van der Waals surface area contributed by atoms with Crippen molar-refractivity contribution in [2.75, 3.05) is 34.5 Å². The second-order valence-corrected chi connectivity index (χ2v) is 19.6. The first-order valence-electron chi connectivity index (χ1n) is 5.62. The van der Waals surface area contributed by atoms with Crippen LogP contribution < -0.4 is 0 Å². The summed E-state index contributed by atoms with van der Waals surface area (Å²) >= 11 is 11.5. The summed E-state index contributed by atoms with van der Waals surface area (Å²) in [5.41, 5.74) is 0. The smallest absolute Gasteiger partial charge is 0.244 e. The summed E-state index contributed by atoms with van der Waals surface area (Å²) in [5, 5.41) is 2.02. The van der Waals surface area contributed by atoms with Crippen LogP contribution in [0, 0.1) is 0 Å². The van der Waals surface area contributed by atoms with E-state index in [1.807, 2.05) is 69.4 Å². The maximum atomic E-state index is 13.1. The molecule has 3 fully saturated rings. The fraction of sp³-hybridized carbons (Fsp3) is 1.00. The van der Waals surface area contributed by atoms with E-state index in [4.69, 9.17) is 0 Å². The predicted octanol–water partition coefficient (Wildman–Crippen LogP) is 4.64. The first-order chi connectivity index (χ1) is 8.23. The monoisotopic (exact) mass is 362 g/mol. The molecule has 8 heteroatoms. The second-order valence-electron chi connectivity index (χ2n) is 4.24. The Hall–Kier alpha value is 2.33. The number of hydrogen-bond donors (Lipinski definition) is 0. The van der Waals surface area contributed by atoms with E-state index < -0.39 is 4.75 Å². The predicted molar refractivity (Wildman–Crippen MR) is 93.7 cm³/mol. The Labute approximate surface area is 128 Å². The zero-order valence-corrected chi connectivity index (χ0v) is 15.1. The lowest BCUT2D eigenvalue weighted by Crippen LogP contribution is -2.24. The van der Waals surface area contributed by atoms with Gasteiger partial charge in [-0.05, 0) is 0 Å². The van der Waals surface area contributed by atoms with Crippen molar-refractivity contribution in [1.82, 2.24) is 0 Å². The first kappa shape index (κ1) is 14.3. The van der Waals surface area contributed by atoms with E-state index in [2.05, 4.69) is 0 Å². The Morgan fingerprint density at radius 3 is 1.18 bits per heavy atom. The SMILES string of the molecule is O=P(SC1CSC1)(SC1CSC1)SC1CSC1. The van der Waals surface area contributed by atoms with Crippen molar-refractivity contribution < 1.29 is 4.57 Å². The average Bonchev–Trinajstić information content (AvgIpc) is 2.13. The van der Waals surface area contributed by atoms with Gasteiger partial charge in [0, 0.05) is 50.3 Å². The molecule has 0 N–H and O–H groups in total. The van der Waals surface area contributed by atoms with E-state index >= 15 is 0 Å². The molecule has 3 aliphatic rings. The van der Waals surface area contributed by atoms with Crippen LogP contribution in [0.4, 0.5) is 0 Å². The Morgan fingerprint density at radius 2 is 1.00 bits per heavy atom. The van der Waals surface area contributed by atoms with Crippen molar-refractivity contribution in [3.63, 3.8) is 0 Å². The molecule has 0 bridgehead atoms. The summed E-state index contributed by atoms with van der Waals surface area (Å²) in [6, 6.07) is 0. The lowest BCUT2D eigenvalue weighted by molar-refractivity contribution is 0.601. The quantitative estimate of drug-likeness (QED) is 0.632. The van der Waals surface area contributed by atoms with Gasteiger partial charge in [0.05, 0.1) is 0 Å². The van der Waals surface area contributed by atoms with Crippen LogP contribution >= 0.6 is 74.2 Å². The van der Waals surface area contributed by atoms with Gasteiger partial charge in [0.25, 0.3) is 0 Å². The van der Waals surface area contributed by atoms with Gasteiger partial charge in [0.1, 0.15) is 0 Å². The zero-order chi connectivity index (χ0) is 11.7. The van der Waals surface area contributed by atoms with Crippen LogP contribution in [0.1, 0.15) is 0 Å². The molecule has 3 aliphatic heterocycles. The Morgan fingerprint density at radius 1 is 0.706 bits per heavy atom. The topological polar surface area (TPSA) is 17.1 Å². The fourth-order valence-electron chi connectivity index (χ4n) is 1.45. The molecule has 0 aromatic carbocycles. The van der Waals surface area contributed by atoms with Gasteiger partial charge >= 0.3 is 0 Å². The van der Waals surface area contributed by atoms with E-state index in [9.17, 15) is 4.57 Å². The van der Waals surface area contributed by atoms with Gasteiger partial charge in [-0.3, -0.25) is 4.57 Å². The summed E-state index contributed by atoms with van der Waals surface area (Å²) < 4.78 is 11.0. The summed E-state index contributed by atoms with van der Waals surface area (Å²) in [6.45, 7) is 0. The third-order valence-corrected chi connectivity index (χ3v) is 20.1. The highest BCUT2D eigenvalue weighted by Gasteiger charge is 2.39. The Bertz CT molecular complexity index is 267. The van der Waals surface area contributed by atoms with Gasteiger partial charge in [0.2, 0.25) is 4.75 Å². The molecular weight excluding hydrogens is 347 g/mol. The molecule has 3 rings (SSSR count). The lowest BCUT2D eigenvalue weighted by Gasteiger charge is -2.35. The highest BCUT2D eigenvalue weighted by atomic mass is 33.4. The largest absolute Gasteiger partial charge is 0.289 e. The highest BCUT2D eigenvalue weighted by molar-refractivity contribution is 9.15. The minimum absolute atomic E-state index is 0.672. The molecule has 3 saturated heterocycles. The molecule has 0 amide bonds. The molecule has 0 aliphatic carbocycles. The molecule has 1 nitrogen and oxygen atoms in total.